The zero-order chi connectivity index (χ0) is 27.3. The summed E-state index contributed by atoms with van der Waals surface area (Å²) in [5.74, 6) is 0.586. The number of benzene rings is 1. The van der Waals surface area contributed by atoms with Crippen LogP contribution in [0.15, 0.2) is 36.5 Å². The lowest BCUT2D eigenvalue weighted by Gasteiger charge is -2.34. The first-order valence-electron chi connectivity index (χ1n) is 13.7. The fourth-order valence-electron chi connectivity index (χ4n) is 5.41. The highest BCUT2D eigenvalue weighted by molar-refractivity contribution is 5.95. The van der Waals surface area contributed by atoms with Crippen LogP contribution < -0.4 is 4.74 Å². The Kier molecular flexibility index (Phi) is 9.13. The van der Waals surface area contributed by atoms with Crippen molar-refractivity contribution >= 4 is 11.7 Å². The number of likely N-dealkylation sites (tertiary alicyclic amines) is 2. The Bertz CT molecular complexity index is 1100. The maximum Gasteiger partial charge on any atom is 0.253 e. The van der Waals surface area contributed by atoms with Gasteiger partial charge in [-0.2, -0.15) is 0 Å². The van der Waals surface area contributed by atoms with E-state index >= 15 is 0 Å². The Hall–Kier alpha value is -2.87. The molecule has 206 valence electrons. The van der Waals surface area contributed by atoms with Crippen LogP contribution in [0.4, 0.5) is 8.78 Å². The predicted molar refractivity (Wildman–Crippen MR) is 143 cm³/mol. The normalized spacial score (nSPS) is 18.0. The quantitative estimate of drug-likeness (QED) is 0.427. The van der Waals surface area contributed by atoms with Crippen molar-refractivity contribution in [3.05, 3.63) is 47.9 Å². The van der Waals surface area contributed by atoms with Crippen molar-refractivity contribution in [2.24, 2.45) is 11.8 Å². The zero-order valence-electron chi connectivity index (χ0n) is 22.7. The number of amides is 1. The number of ketones is 1. The minimum absolute atomic E-state index is 0.0225. The van der Waals surface area contributed by atoms with E-state index in [1.54, 1.807) is 49.2 Å². The molecule has 2 aliphatic heterocycles. The molecule has 2 aromatic rings. The van der Waals surface area contributed by atoms with E-state index in [-0.39, 0.29) is 17.6 Å². The third-order valence-corrected chi connectivity index (χ3v) is 7.61. The molecule has 0 N–H and O–H groups in total. The number of pyridine rings is 1. The van der Waals surface area contributed by atoms with E-state index < -0.39 is 11.5 Å². The highest BCUT2D eigenvalue weighted by Crippen LogP contribution is 2.27. The Morgan fingerprint density at radius 1 is 1.05 bits per heavy atom. The maximum absolute atomic E-state index is 15.0. The van der Waals surface area contributed by atoms with Crippen LogP contribution >= 0.6 is 0 Å². The molecule has 2 aliphatic rings. The molecular weight excluding hydrogens is 488 g/mol. The third-order valence-electron chi connectivity index (χ3n) is 7.61. The number of ether oxygens (including phenoxy) is 1. The van der Waals surface area contributed by atoms with Gasteiger partial charge in [-0.25, -0.2) is 8.78 Å². The molecule has 0 aliphatic carbocycles. The van der Waals surface area contributed by atoms with Gasteiger partial charge in [0.05, 0.1) is 18.5 Å². The van der Waals surface area contributed by atoms with E-state index in [1.165, 1.54) is 6.07 Å². The van der Waals surface area contributed by atoms with E-state index in [4.69, 9.17) is 4.74 Å². The minimum Gasteiger partial charge on any atom is -0.492 e. The van der Waals surface area contributed by atoms with Gasteiger partial charge in [0.1, 0.15) is 23.0 Å². The molecule has 0 bridgehead atoms. The Labute approximate surface area is 224 Å². The van der Waals surface area contributed by atoms with Crippen molar-refractivity contribution in [1.82, 2.24) is 14.8 Å². The highest BCUT2D eigenvalue weighted by atomic mass is 19.1. The summed E-state index contributed by atoms with van der Waals surface area (Å²) in [5.41, 5.74) is -0.0915. The number of piperidine rings is 2. The maximum atomic E-state index is 15.0. The van der Waals surface area contributed by atoms with Crippen LogP contribution in [0, 0.1) is 17.7 Å². The molecule has 0 radical (unpaired) electrons. The molecule has 4 rings (SSSR count). The molecule has 0 atom stereocenters. The molecule has 0 spiro atoms. The SMILES string of the molecule is CCC(=O)C1CCN(C(=O)c2ccc(-c3ccc(OCC4CCN(CC(C)(C)F)CC4)cn3)c(F)c2)CC1. The van der Waals surface area contributed by atoms with Crippen LogP contribution in [-0.4, -0.2) is 71.5 Å². The van der Waals surface area contributed by atoms with Crippen LogP contribution in [0.3, 0.4) is 0 Å². The number of carbonyl (C=O) groups excluding carboxylic acids is 2. The lowest BCUT2D eigenvalue weighted by Crippen LogP contribution is -2.41. The van der Waals surface area contributed by atoms with Crippen molar-refractivity contribution < 1.29 is 23.1 Å². The van der Waals surface area contributed by atoms with Gasteiger partial charge in [0, 0.05) is 43.1 Å². The summed E-state index contributed by atoms with van der Waals surface area (Å²) < 4.78 is 34.8. The zero-order valence-corrected chi connectivity index (χ0v) is 22.7. The average Bonchev–Trinajstić information content (AvgIpc) is 2.91. The van der Waals surface area contributed by atoms with E-state index in [2.05, 4.69) is 9.88 Å². The van der Waals surface area contributed by atoms with E-state index in [0.717, 1.165) is 25.9 Å². The molecule has 1 aromatic heterocycles. The number of aromatic nitrogens is 1. The molecule has 6 nitrogen and oxygen atoms in total. The van der Waals surface area contributed by atoms with Crippen molar-refractivity contribution in [3.8, 4) is 17.0 Å². The van der Waals surface area contributed by atoms with Gasteiger partial charge in [-0.05, 0) is 88.9 Å². The molecule has 38 heavy (non-hydrogen) atoms. The predicted octanol–water partition coefficient (Wildman–Crippen LogP) is 5.56. The minimum atomic E-state index is -1.18. The summed E-state index contributed by atoms with van der Waals surface area (Å²) in [6.45, 7) is 8.87. The number of hydrogen-bond donors (Lipinski definition) is 0. The molecule has 0 saturated carbocycles. The van der Waals surface area contributed by atoms with Crippen LogP contribution in [0.25, 0.3) is 11.3 Å². The van der Waals surface area contributed by atoms with Crippen molar-refractivity contribution in [1.29, 1.82) is 0 Å². The van der Waals surface area contributed by atoms with Gasteiger partial charge >= 0.3 is 0 Å². The molecule has 8 heteroatoms. The molecule has 1 amide bonds. The standard InChI is InChI=1S/C30H39F2N3O3/c1-4-28(36)22-11-15-35(16-12-22)29(37)23-5-7-25(26(31)17-23)27-8-6-24(18-33-27)38-19-21-9-13-34(14-10-21)20-30(2,3)32/h5-8,17-18,21-22H,4,9-16,19-20H2,1-3H3. The second kappa shape index (κ2) is 12.3. The van der Waals surface area contributed by atoms with Gasteiger partial charge in [-0.15, -0.1) is 0 Å². The van der Waals surface area contributed by atoms with E-state index in [1.807, 2.05) is 6.92 Å². The number of hydrogen-bond acceptors (Lipinski definition) is 5. The van der Waals surface area contributed by atoms with Gasteiger partial charge in [-0.3, -0.25) is 14.6 Å². The fraction of sp³-hybridized carbons (Fsp3) is 0.567. The summed E-state index contributed by atoms with van der Waals surface area (Å²) in [4.78, 5) is 33.1. The Morgan fingerprint density at radius 3 is 2.34 bits per heavy atom. The van der Waals surface area contributed by atoms with Crippen molar-refractivity contribution in [2.75, 3.05) is 39.3 Å². The first-order valence-corrected chi connectivity index (χ1v) is 13.7. The first-order chi connectivity index (χ1) is 18.1. The topological polar surface area (TPSA) is 62.7 Å². The molecule has 2 fully saturated rings. The smallest absolute Gasteiger partial charge is 0.253 e. The number of halogens is 2. The van der Waals surface area contributed by atoms with Gasteiger partial charge in [0.25, 0.3) is 5.91 Å². The van der Waals surface area contributed by atoms with E-state index in [9.17, 15) is 18.4 Å². The van der Waals surface area contributed by atoms with Gasteiger partial charge in [0.15, 0.2) is 0 Å². The molecule has 0 unspecified atom stereocenters. The molecule has 1 aromatic carbocycles. The monoisotopic (exact) mass is 527 g/mol. The van der Waals surface area contributed by atoms with Crippen molar-refractivity contribution in [2.45, 2.75) is 58.5 Å². The largest absolute Gasteiger partial charge is 0.492 e. The van der Waals surface area contributed by atoms with Crippen LogP contribution in [0.5, 0.6) is 5.75 Å². The highest BCUT2D eigenvalue weighted by Gasteiger charge is 2.28. The third kappa shape index (κ3) is 7.37. The second-order valence-electron chi connectivity index (χ2n) is 11.2. The fourth-order valence-corrected chi connectivity index (χ4v) is 5.41. The van der Waals surface area contributed by atoms with Gasteiger partial charge in [0.2, 0.25) is 0 Å². The first kappa shape index (κ1) is 28.1. The molecular formula is C30H39F2N3O3. The lowest BCUT2D eigenvalue weighted by atomic mass is 9.91. The number of Topliss-reactive ketones (excluding diaryl/α,β-unsaturated/α-hetero) is 1. The second-order valence-corrected chi connectivity index (χ2v) is 11.2. The van der Waals surface area contributed by atoms with Crippen molar-refractivity contribution in [3.63, 3.8) is 0 Å². The van der Waals surface area contributed by atoms with Crippen LogP contribution in [-0.2, 0) is 4.79 Å². The average molecular weight is 528 g/mol. The summed E-state index contributed by atoms with van der Waals surface area (Å²) in [7, 11) is 0. The van der Waals surface area contributed by atoms with Gasteiger partial charge < -0.3 is 14.5 Å². The molecule has 3 heterocycles. The molecule has 2 saturated heterocycles. The Morgan fingerprint density at radius 2 is 1.76 bits per heavy atom. The van der Waals surface area contributed by atoms with E-state index in [0.29, 0.717) is 74.0 Å². The summed E-state index contributed by atoms with van der Waals surface area (Å²) >= 11 is 0. The number of carbonyl (C=O) groups is 2. The number of nitrogens with zero attached hydrogens (tertiary/aromatic N) is 3. The Balaban J connectivity index is 1.28. The lowest BCUT2D eigenvalue weighted by molar-refractivity contribution is -0.123. The van der Waals surface area contributed by atoms with Gasteiger partial charge in [-0.1, -0.05) is 6.92 Å². The number of rotatable bonds is 9. The van der Waals surface area contributed by atoms with Crippen LogP contribution in [0.1, 0.15) is 63.2 Å². The summed E-state index contributed by atoms with van der Waals surface area (Å²) in [6, 6.07) is 7.99. The van der Waals surface area contributed by atoms with Crippen LogP contribution in [0.2, 0.25) is 0 Å². The summed E-state index contributed by atoms with van der Waals surface area (Å²) in [5, 5.41) is 0. The number of alkyl halides is 1. The summed E-state index contributed by atoms with van der Waals surface area (Å²) in [6.07, 6.45) is 5.37.